The molecule has 0 aliphatic heterocycles. The number of fused-ring (bicyclic) bond motifs is 1. The zero-order valence-electron chi connectivity index (χ0n) is 8.71. The summed E-state index contributed by atoms with van der Waals surface area (Å²) in [6.45, 7) is 2.00. The van der Waals surface area contributed by atoms with Crippen molar-refractivity contribution in [1.29, 1.82) is 0 Å². The lowest BCUT2D eigenvalue weighted by atomic mass is 10.3. The molecule has 5 heteroatoms. The van der Waals surface area contributed by atoms with Crippen LogP contribution in [0.1, 0.15) is 5.69 Å². The van der Waals surface area contributed by atoms with Crippen LogP contribution < -0.4 is 5.32 Å². The fourth-order valence-electron chi connectivity index (χ4n) is 1.66. The third-order valence-corrected chi connectivity index (χ3v) is 3.07. The van der Waals surface area contributed by atoms with Crippen molar-refractivity contribution in [3.63, 3.8) is 0 Å². The minimum absolute atomic E-state index is 0.808. The Hall–Kier alpha value is -1.88. The molecular weight excluding hydrogens is 220 g/mol. The Morgan fingerprint density at radius 3 is 3.12 bits per heavy atom. The van der Waals surface area contributed by atoms with Crippen LogP contribution in [0.25, 0.3) is 5.52 Å². The molecule has 0 atom stereocenters. The minimum atomic E-state index is 0.808. The van der Waals surface area contributed by atoms with Crippen LogP contribution in [0.2, 0.25) is 0 Å². The van der Waals surface area contributed by atoms with Crippen molar-refractivity contribution < 1.29 is 0 Å². The average Bonchev–Trinajstić information content (AvgIpc) is 2.90. The predicted molar refractivity (Wildman–Crippen MR) is 65.3 cm³/mol. The number of imidazole rings is 1. The molecular formula is C11H10N4S. The smallest absolute Gasteiger partial charge is 0.214 e. The maximum Gasteiger partial charge on any atom is 0.214 e. The third kappa shape index (κ3) is 1.45. The highest BCUT2D eigenvalue weighted by Crippen LogP contribution is 2.20. The molecule has 1 N–H and O–H groups in total. The highest BCUT2D eigenvalue weighted by Gasteiger charge is 2.07. The van der Waals surface area contributed by atoms with Crippen molar-refractivity contribution in [2.24, 2.45) is 0 Å². The van der Waals surface area contributed by atoms with Crippen LogP contribution in [-0.2, 0) is 0 Å². The molecule has 4 nitrogen and oxygen atoms in total. The van der Waals surface area contributed by atoms with Crippen LogP contribution in [0.3, 0.4) is 0 Å². The topological polar surface area (TPSA) is 42.2 Å². The quantitative estimate of drug-likeness (QED) is 0.736. The standard InChI is InChI=1S/C11H10N4S/c1-8-9-4-2-3-6-15(9)10(13-8)14-11-12-5-7-16-11/h2-7H,1H3,(H,12,13,14). The molecule has 0 saturated carbocycles. The van der Waals surface area contributed by atoms with E-state index in [-0.39, 0.29) is 0 Å². The molecule has 0 fully saturated rings. The van der Waals surface area contributed by atoms with Crippen LogP contribution in [0.4, 0.5) is 11.1 Å². The first kappa shape index (κ1) is 9.35. The number of thiazole rings is 1. The zero-order chi connectivity index (χ0) is 11.0. The van der Waals surface area contributed by atoms with E-state index >= 15 is 0 Å². The number of aryl methyl sites for hydroxylation is 1. The van der Waals surface area contributed by atoms with Gasteiger partial charge in [0.25, 0.3) is 0 Å². The largest absolute Gasteiger partial charge is 0.301 e. The highest BCUT2D eigenvalue weighted by atomic mass is 32.1. The Balaban J connectivity index is 2.10. The van der Waals surface area contributed by atoms with E-state index in [1.165, 1.54) is 0 Å². The molecule has 0 aliphatic rings. The Labute approximate surface area is 96.6 Å². The van der Waals surface area contributed by atoms with Gasteiger partial charge in [-0.1, -0.05) is 6.07 Å². The number of pyridine rings is 1. The lowest BCUT2D eigenvalue weighted by molar-refractivity contribution is 1.14. The van der Waals surface area contributed by atoms with Gasteiger partial charge >= 0.3 is 0 Å². The first-order chi connectivity index (χ1) is 7.84. The molecule has 16 heavy (non-hydrogen) atoms. The molecule has 3 aromatic rings. The van der Waals surface area contributed by atoms with Gasteiger partial charge in [0.05, 0.1) is 11.2 Å². The van der Waals surface area contributed by atoms with Crippen molar-refractivity contribution in [3.8, 4) is 0 Å². The van der Waals surface area contributed by atoms with Gasteiger partial charge in [0.15, 0.2) is 5.13 Å². The van der Waals surface area contributed by atoms with Crippen LogP contribution in [-0.4, -0.2) is 14.4 Å². The number of nitrogens with one attached hydrogen (secondary N) is 1. The summed E-state index contributed by atoms with van der Waals surface area (Å²) in [4.78, 5) is 8.66. The number of anilines is 2. The van der Waals surface area contributed by atoms with Gasteiger partial charge in [-0.05, 0) is 19.1 Å². The first-order valence-electron chi connectivity index (χ1n) is 4.95. The van der Waals surface area contributed by atoms with Gasteiger partial charge in [-0.25, -0.2) is 9.97 Å². The molecule has 0 bridgehead atoms. The average molecular weight is 230 g/mol. The lowest BCUT2D eigenvalue weighted by Crippen LogP contribution is -1.95. The monoisotopic (exact) mass is 230 g/mol. The molecule has 0 spiro atoms. The highest BCUT2D eigenvalue weighted by molar-refractivity contribution is 7.13. The van der Waals surface area contributed by atoms with Crippen molar-refractivity contribution in [3.05, 3.63) is 41.7 Å². The molecule has 3 heterocycles. The summed E-state index contributed by atoms with van der Waals surface area (Å²) in [6.07, 6.45) is 3.76. The first-order valence-corrected chi connectivity index (χ1v) is 5.83. The summed E-state index contributed by atoms with van der Waals surface area (Å²) in [5.74, 6) is 0.808. The second-order valence-corrected chi connectivity index (χ2v) is 4.33. The number of hydrogen-bond donors (Lipinski definition) is 1. The third-order valence-electron chi connectivity index (χ3n) is 2.38. The number of aromatic nitrogens is 3. The van der Waals surface area contributed by atoms with E-state index in [4.69, 9.17) is 0 Å². The molecule has 0 saturated heterocycles. The fourth-order valence-corrected chi connectivity index (χ4v) is 2.18. The lowest BCUT2D eigenvalue weighted by Gasteiger charge is -2.00. The summed E-state index contributed by atoms with van der Waals surface area (Å²) < 4.78 is 2.02. The van der Waals surface area contributed by atoms with Crippen molar-refractivity contribution >= 4 is 27.9 Å². The van der Waals surface area contributed by atoms with Crippen molar-refractivity contribution in [2.45, 2.75) is 6.92 Å². The van der Waals surface area contributed by atoms with Gasteiger partial charge in [0.1, 0.15) is 0 Å². The second-order valence-electron chi connectivity index (χ2n) is 3.44. The zero-order valence-corrected chi connectivity index (χ0v) is 9.53. The summed E-state index contributed by atoms with van der Waals surface area (Å²) in [6, 6.07) is 6.05. The van der Waals surface area contributed by atoms with E-state index in [1.54, 1.807) is 17.5 Å². The van der Waals surface area contributed by atoms with Crippen molar-refractivity contribution in [1.82, 2.24) is 14.4 Å². The van der Waals surface area contributed by atoms with E-state index in [0.717, 1.165) is 22.3 Å². The van der Waals surface area contributed by atoms with Crippen LogP contribution >= 0.6 is 11.3 Å². The van der Waals surface area contributed by atoms with Gasteiger partial charge in [0.2, 0.25) is 5.95 Å². The van der Waals surface area contributed by atoms with E-state index in [2.05, 4.69) is 21.4 Å². The minimum Gasteiger partial charge on any atom is -0.301 e. The number of hydrogen-bond acceptors (Lipinski definition) is 4. The summed E-state index contributed by atoms with van der Waals surface area (Å²) in [5, 5.41) is 6.00. The normalized spacial score (nSPS) is 10.8. The predicted octanol–water partition coefficient (Wildman–Crippen LogP) is 2.84. The van der Waals surface area contributed by atoms with E-state index in [0.29, 0.717) is 0 Å². The van der Waals surface area contributed by atoms with Gasteiger partial charge in [-0.2, -0.15) is 0 Å². The van der Waals surface area contributed by atoms with E-state index < -0.39 is 0 Å². The molecule has 80 valence electrons. The summed E-state index contributed by atoms with van der Waals surface area (Å²) >= 11 is 1.56. The molecule has 0 aromatic carbocycles. The molecule has 0 aliphatic carbocycles. The van der Waals surface area contributed by atoms with Gasteiger partial charge < -0.3 is 5.32 Å². The second kappa shape index (κ2) is 3.61. The van der Waals surface area contributed by atoms with Gasteiger partial charge in [-0.3, -0.25) is 4.40 Å². The summed E-state index contributed by atoms with van der Waals surface area (Å²) in [5.41, 5.74) is 2.13. The Bertz CT molecular complexity index is 612. The van der Waals surface area contributed by atoms with Crippen LogP contribution in [0.5, 0.6) is 0 Å². The van der Waals surface area contributed by atoms with Crippen molar-refractivity contribution in [2.75, 3.05) is 5.32 Å². The van der Waals surface area contributed by atoms with Crippen LogP contribution in [0, 0.1) is 6.92 Å². The summed E-state index contributed by atoms with van der Waals surface area (Å²) in [7, 11) is 0. The maximum atomic E-state index is 4.48. The fraction of sp³-hybridized carbons (Fsp3) is 0.0909. The molecule has 0 unspecified atom stereocenters. The molecule has 3 rings (SSSR count). The van der Waals surface area contributed by atoms with E-state index in [9.17, 15) is 0 Å². The van der Waals surface area contributed by atoms with Gasteiger partial charge in [0, 0.05) is 17.8 Å². The number of rotatable bonds is 2. The van der Waals surface area contributed by atoms with Crippen LogP contribution in [0.15, 0.2) is 36.0 Å². The Kier molecular flexibility index (Phi) is 2.11. The maximum absolute atomic E-state index is 4.48. The van der Waals surface area contributed by atoms with E-state index in [1.807, 2.05) is 35.0 Å². The van der Waals surface area contributed by atoms with Gasteiger partial charge in [-0.15, -0.1) is 11.3 Å². The molecule has 3 aromatic heterocycles. The molecule has 0 radical (unpaired) electrons. The Morgan fingerprint density at radius 1 is 1.38 bits per heavy atom. The SMILES string of the molecule is Cc1nc(Nc2nccs2)n2ccccc12. The number of nitrogens with zero attached hydrogens (tertiary/aromatic N) is 3. The Morgan fingerprint density at radius 2 is 2.31 bits per heavy atom. The molecule has 0 amide bonds.